The molecule has 1 fully saturated rings. The summed E-state index contributed by atoms with van der Waals surface area (Å²) in [5.41, 5.74) is 0.701. The Bertz CT molecular complexity index is 430. The SMILES string of the molecule is C[C@@H](O)CNC(=O)Nc1cccnc1N1CCCC1. The molecule has 1 saturated heterocycles. The van der Waals surface area contributed by atoms with Crippen LogP contribution in [0.25, 0.3) is 0 Å². The van der Waals surface area contributed by atoms with Gasteiger partial charge < -0.3 is 20.6 Å². The van der Waals surface area contributed by atoms with Crippen molar-refractivity contribution in [3.63, 3.8) is 0 Å². The summed E-state index contributed by atoms with van der Waals surface area (Å²) in [7, 11) is 0. The molecule has 1 aromatic rings. The molecule has 0 spiro atoms. The van der Waals surface area contributed by atoms with E-state index in [4.69, 9.17) is 5.11 Å². The molecule has 6 nitrogen and oxygen atoms in total. The second kappa shape index (κ2) is 6.38. The number of hydrogen-bond donors (Lipinski definition) is 3. The number of amides is 2. The molecule has 2 heterocycles. The maximum Gasteiger partial charge on any atom is 0.319 e. The van der Waals surface area contributed by atoms with E-state index in [9.17, 15) is 4.79 Å². The molecular formula is C13H20N4O2. The molecular weight excluding hydrogens is 244 g/mol. The zero-order chi connectivity index (χ0) is 13.7. The van der Waals surface area contributed by atoms with Crippen LogP contribution in [0.4, 0.5) is 16.3 Å². The highest BCUT2D eigenvalue weighted by Gasteiger charge is 2.17. The van der Waals surface area contributed by atoms with Crippen molar-refractivity contribution in [2.24, 2.45) is 0 Å². The van der Waals surface area contributed by atoms with E-state index in [1.54, 1.807) is 19.2 Å². The van der Waals surface area contributed by atoms with Crippen LogP contribution in [0.3, 0.4) is 0 Å². The number of urea groups is 1. The molecule has 0 saturated carbocycles. The molecule has 1 atom stereocenters. The van der Waals surface area contributed by atoms with Crippen LogP contribution in [0.2, 0.25) is 0 Å². The number of anilines is 2. The van der Waals surface area contributed by atoms with Gasteiger partial charge in [0.1, 0.15) is 0 Å². The number of aliphatic hydroxyl groups is 1. The Morgan fingerprint density at radius 3 is 2.95 bits per heavy atom. The molecule has 1 aromatic heterocycles. The quantitative estimate of drug-likeness (QED) is 0.763. The number of hydrogen-bond acceptors (Lipinski definition) is 4. The van der Waals surface area contributed by atoms with Crippen molar-refractivity contribution in [2.45, 2.75) is 25.9 Å². The second-order valence-electron chi connectivity index (χ2n) is 4.75. The Labute approximate surface area is 112 Å². The first-order chi connectivity index (χ1) is 9.16. The number of carbonyl (C=O) groups is 1. The van der Waals surface area contributed by atoms with E-state index in [0.29, 0.717) is 5.69 Å². The zero-order valence-electron chi connectivity index (χ0n) is 11.1. The summed E-state index contributed by atoms with van der Waals surface area (Å²) in [4.78, 5) is 18.2. The zero-order valence-corrected chi connectivity index (χ0v) is 11.1. The smallest absolute Gasteiger partial charge is 0.319 e. The minimum Gasteiger partial charge on any atom is -0.392 e. The molecule has 0 aromatic carbocycles. The summed E-state index contributed by atoms with van der Waals surface area (Å²) in [5.74, 6) is 0.812. The maximum atomic E-state index is 11.7. The van der Waals surface area contributed by atoms with E-state index >= 15 is 0 Å². The first kappa shape index (κ1) is 13.6. The Balaban J connectivity index is 2.01. The van der Waals surface area contributed by atoms with Crippen LogP contribution in [0, 0.1) is 0 Å². The Morgan fingerprint density at radius 1 is 1.53 bits per heavy atom. The molecule has 0 aliphatic carbocycles. The predicted octanol–water partition coefficient (Wildman–Crippen LogP) is 1.18. The first-order valence-corrected chi connectivity index (χ1v) is 6.59. The summed E-state index contributed by atoms with van der Waals surface area (Å²) in [6, 6.07) is 3.31. The van der Waals surface area contributed by atoms with E-state index in [0.717, 1.165) is 31.7 Å². The van der Waals surface area contributed by atoms with Gasteiger partial charge in [-0.25, -0.2) is 9.78 Å². The summed E-state index contributed by atoms with van der Waals surface area (Å²) >= 11 is 0. The van der Waals surface area contributed by atoms with Gasteiger partial charge in [-0.2, -0.15) is 0 Å². The lowest BCUT2D eigenvalue weighted by Crippen LogP contribution is -2.34. The van der Waals surface area contributed by atoms with Gasteiger partial charge >= 0.3 is 6.03 Å². The van der Waals surface area contributed by atoms with Crippen molar-refractivity contribution in [2.75, 3.05) is 29.9 Å². The van der Waals surface area contributed by atoms with Crippen LogP contribution < -0.4 is 15.5 Å². The van der Waals surface area contributed by atoms with Crippen LogP contribution in [0.15, 0.2) is 18.3 Å². The molecule has 0 bridgehead atoms. The number of aliphatic hydroxyl groups excluding tert-OH is 1. The van der Waals surface area contributed by atoms with Crippen molar-refractivity contribution in [1.29, 1.82) is 0 Å². The van der Waals surface area contributed by atoms with Crippen LogP contribution >= 0.6 is 0 Å². The van der Waals surface area contributed by atoms with Gasteiger partial charge in [0.15, 0.2) is 5.82 Å². The Morgan fingerprint density at radius 2 is 2.26 bits per heavy atom. The van der Waals surface area contributed by atoms with E-state index in [2.05, 4.69) is 20.5 Å². The number of aromatic nitrogens is 1. The highest BCUT2D eigenvalue weighted by atomic mass is 16.3. The lowest BCUT2D eigenvalue weighted by atomic mass is 10.3. The van der Waals surface area contributed by atoms with Crippen molar-refractivity contribution in [1.82, 2.24) is 10.3 Å². The average molecular weight is 264 g/mol. The van der Waals surface area contributed by atoms with E-state index < -0.39 is 6.10 Å². The number of pyridine rings is 1. The van der Waals surface area contributed by atoms with E-state index in [-0.39, 0.29) is 12.6 Å². The summed E-state index contributed by atoms with van der Waals surface area (Å²) in [6.07, 6.45) is 3.48. The van der Waals surface area contributed by atoms with Crippen molar-refractivity contribution in [3.05, 3.63) is 18.3 Å². The third kappa shape index (κ3) is 3.82. The molecule has 2 rings (SSSR count). The minimum atomic E-state index is -0.558. The number of nitrogens with zero attached hydrogens (tertiary/aromatic N) is 2. The molecule has 1 aliphatic heterocycles. The molecule has 19 heavy (non-hydrogen) atoms. The molecule has 2 amide bonds. The fourth-order valence-electron chi connectivity index (χ4n) is 2.08. The molecule has 0 unspecified atom stereocenters. The fourth-order valence-corrected chi connectivity index (χ4v) is 2.08. The van der Waals surface area contributed by atoms with Gasteiger partial charge in [0.2, 0.25) is 0 Å². The lowest BCUT2D eigenvalue weighted by molar-refractivity contribution is 0.190. The largest absolute Gasteiger partial charge is 0.392 e. The third-order valence-electron chi connectivity index (χ3n) is 3.00. The van der Waals surface area contributed by atoms with E-state index in [1.165, 1.54) is 0 Å². The summed E-state index contributed by atoms with van der Waals surface area (Å²) in [5, 5.41) is 14.5. The van der Waals surface area contributed by atoms with Gasteiger partial charge in [-0.1, -0.05) is 0 Å². The topological polar surface area (TPSA) is 77.5 Å². The summed E-state index contributed by atoms with van der Waals surface area (Å²) in [6.45, 7) is 3.80. The standard InChI is InChI=1S/C13H20N4O2/c1-10(18)9-15-13(19)16-11-5-4-6-14-12(11)17-7-2-3-8-17/h4-6,10,18H,2-3,7-9H2,1H3,(H2,15,16,19)/t10-/m1/s1. The molecule has 0 radical (unpaired) electrons. The fraction of sp³-hybridized carbons (Fsp3) is 0.538. The number of nitrogens with one attached hydrogen (secondary N) is 2. The lowest BCUT2D eigenvalue weighted by Gasteiger charge is -2.20. The third-order valence-corrected chi connectivity index (χ3v) is 3.00. The van der Waals surface area contributed by atoms with Gasteiger partial charge in [0, 0.05) is 25.8 Å². The van der Waals surface area contributed by atoms with Gasteiger partial charge in [0.05, 0.1) is 11.8 Å². The van der Waals surface area contributed by atoms with Gasteiger partial charge in [-0.15, -0.1) is 0 Å². The maximum absolute atomic E-state index is 11.7. The second-order valence-corrected chi connectivity index (χ2v) is 4.75. The molecule has 1 aliphatic rings. The number of carbonyl (C=O) groups excluding carboxylic acids is 1. The Hall–Kier alpha value is -1.82. The van der Waals surface area contributed by atoms with Crippen LogP contribution in [0.1, 0.15) is 19.8 Å². The van der Waals surface area contributed by atoms with Gasteiger partial charge in [-0.3, -0.25) is 0 Å². The predicted molar refractivity (Wildman–Crippen MR) is 74.4 cm³/mol. The normalized spacial score (nSPS) is 16.2. The average Bonchev–Trinajstić information content (AvgIpc) is 2.91. The molecule has 3 N–H and O–H groups in total. The summed E-state index contributed by atoms with van der Waals surface area (Å²) < 4.78 is 0. The van der Waals surface area contributed by atoms with Crippen LogP contribution in [-0.2, 0) is 0 Å². The van der Waals surface area contributed by atoms with Gasteiger partial charge in [-0.05, 0) is 31.9 Å². The molecule has 6 heteroatoms. The van der Waals surface area contributed by atoms with E-state index in [1.807, 2.05) is 6.07 Å². The molecule has 104 valence electrons. The first-order valence-electron chi connectivity index (χ1n) is 6.59. The van der Waals surface area contributed by atoms with Crippen molar-refractivity contribution in [3.8, 4) is 0 Å². The van der Waals surface area contributed by atoms with Crippen LogP contribution in [-0.4, -0.2) is 41.9 Å². The minimum absolute atomic E-state index is 0.227. The Kier molecular flexibility index (Phi) is 4.57. The van der Waals surface area contributed by atoms with Crippen LogP contribution in [0.5, 0.6) is 0 Å². The van der Waals surface area contributed by atoms with Crippen molar-refractivity contribution >= 4 is 17.5 Å². The van der Waals surface area contributed by atoms with Crippen molar-refractivity contribution < 1.29 is 9.90 Å². The highest BCUT2D eigenvalue weighted by molar-refractivity contribution is 5.92. The highest BCUT2D eigenvalue weighted by Crippen LogP contribution is 2.25. The number of rotatable bonds is 4. The van der Waals surface area contributed by atoms with Gasteiger partial charge in [0.25, 0.3) is 0 Å². The monoisotopic (exact) mass is 264 g/mol.